The SMILES string of the molecule is COc1cc(OC)cc(-c2nnc(SC[C@H](O)COc3ccccc3)o2)c1. The summed E-state index contributed by atoms with van der Waals surface area (Å²) in [5.74, 6) is 2.70. The number of rotatable bonds is 9. The molecule has 1 atom stereocenters. The van der Waals surface area contributed by atoms with Crippen LogP contribution in [0.2, 0.25) is 0 Å². The van der Waals surface area contributed by atoms with Gasteiger partial charge in [0.25, 0.3) is 5.22 Å². The van der Waals surface area contributed by atoms with Crippen LogP contribution in [0.3, 0.4) is 0 Å². The van der Waals surface area contributed by atoms with Crippen molar-refractivity contribution in [1.29, 1.82) is 0 Å². The zero-order valence-corrected chi connectivity index (χ0v) is 15.8. The topological polar surface area (TPSA) is 86.8 Å². The van der Waals surface area contributed by atoms with Crippen molar-refractivity contribution in [2.24, 2.45) is 0 Å². The van der Waals surface area contributed by atoms with E-state index in [1.807, 2.05) is 30.3 Å². The van der Waals surface area contributed by atoms with Gasteiger partial charge in [0.05, 0.1) is 20.3 Å². The summed E-state index contributed by atoms with van der Waals surface area (Å²) in [6.07, 6.45) is -0.664. The van der Waals surface area contributed by atoms with Gasteiger partial charge in [0.2, 0.25) is 5.89 Å². The van der Waals surface area contributed by atoms with Crippen LogP contribution in [0.5, 0.6) is 17.2 Å². The Labute approximate surface area is 161 Å². The molecule has 8 heteroatoms. The second-order valence-corrected chi connectivity index (χ2v) is 6.53. The number of hydrogen-bond donors (Lipinski definition) is 1. The van der Waals surface area contributed by atoms with Crippen molar-refractivity contribution in [3.8, 4) is 28.7 Å². The van der Waals surface area contributed by atoms with Crippen LogP contribution in [-0.2, 0) is 0 Å². The molecule has 0 unspecified atom stereocenters. The number of benzene rings is 2. The first kappa shape index (κ1) is 19.1. The Morgan fingerprint density at radius 3 is 2.37 bits per heavy atom. The zero-order valence-electron chi connectivity index (χ0n) is 15.0. The number of hydrogen-bond acceptors (Lipinski definition) is 8. The first-order valence-corrected chi connectivity index (χ1v) is 9.22. The maximum atomic E-state index is 10.1. The number of methoxy groups -OCH3 is 2. The number of thioether (sulfide) groups is 1. The molecule has 7 nitrogen and oxygen atoms in total. The first-order chi connectivity index (χ1) is 13.2. The third-order valence-electron chi connectivity index (χ3n) is 3.59. The maximum Gasteiger partial charge on any atom is 0.276 e. The lowest BCUT2D eigenvalue weighted by Gasteiger charge is -2.10. The number of aliphatic hydroxyl groups is 1. The Morgan fingerprint density at radius 2 is 1.70 bits per heavy atom. The normalized spacial score (nSPS) is 11.8. The molecule has 0 saturated carbocycles. The van der Waals surface area contributed by atoms with Crippen molar-refractivity contribution in [3.05, 3.63) is 48.5 Å². The third kappa shape index (κ3) is 5.38. The average Bonchev–Trinajstić information content (AvgIpc) is 3.20. The predicted octanol–water partition coefficient (Wildman–Crippen LogP) is 3.29. The molecule has 0 amide bonds. The van der Waals surface area contributed by atoms with Gasteiger partial charge in [-0.1, -0.05) is 30.0 Å². The number of para-hydroxylation sites is 1. The van der Waals surface area contributed by atoms with Crippen molar-refractivity contribution in [2.45, 2.75) is 11.3 Å². The van der Waals surface area contributed by atoms with Crippen molar-refractivity contribution >= 4 is 11.8 Å². The lowest BCUT2D eigenvalue weighted by molar-refractivity contribution is 0.126. The van der Waals surface area contributed by atoms with Gasteiger partial charge < -0.3 is 23.7 Å². The highest BCUT2D eigenvalue weighted by Gasteiger charge is 2.14. The van der Waals surface area contributed by atoms with Crippen LogP contribution in [-0.4, -0.2) is 48.0 Å². The lowest BCUT2D eigenvalue weighted by atomic mass is 10.2. The molecule has 0 spiro atoms. The summed E-state index contributed by atoms with van der Waals surface area (Å²) >= 11 is 1.27. The van der Waals surface area contributed by atoms with Gasteiger partial charge in [0, 0.05) is 17.4 Å². The van der Waals surface area contributed by atoms with Gasteiger partial charge >= 0.3 is 0 Å². The summed E-state index contributed by atoms with van der Waals surface area (Å²) in [6.45, 7) is 0.186. The van der Waals surface area contributed by atoms with Crippen LogP contribution in [0.1, 0.15) is 0 Å². The fraction of sp³-hybridized carbons (Fsp3) is 0.263. The number of nitrogens with zero attached hydrogens (tertiary/aromatic N) is 2. The smallest absolute Gasteiger partial charge is 0.276 e. The van der Waals surface area contributed by atoms with E-state index in [0.717, 1.165) is 0 Å². The van der Waals surface area contributed by atoms with Gasteiger partial charge in [-0.3, -0.25) is 0 Å². The van der Waals surface area contributed by atoms with Gasteiger partial charge in [-0.15, -0.1) is 10.2 Å². The van der Waals surface area contributed by atoms with E-state index in [2.05, 4.69) is 10.2 Å². The molecule has 1 aromatic heterocycles. The van der Waals surface area contributed by atoms with E-state index in [-0.39, 0.29) is 6.61 Å². The molecule has 0 saturated heterocycles. The minimum atomic E-state index is -0.664. The van der Waals surface area contributed by atoms with Crippen molar-refractivity contribution in [3.63, 3.8) is 0 Å². The van der Waals surface area contributed by atoms with Gasteiger partial charge in [0.1, 0.15) is 23.9 Å². The van der Waals surface area contributed by atoms with E-state index in [9.17, 15) is 5.11 Å². The minimum Gasteiger partial charge on any atom is -0.497 e. The second kappa shape index (κ2) is 9.29. The Morgan fingerprint density at radius 1 is 1.00 bits per heavy atom. The molecule has 1 N–H and O–H groups in total. The summed E-state index contributed by atoms with van der Waals surface area (Å²) in [5, 5.41) is 18.5. The largest absolute Gasteiger partial charge is 0.497 e. The fourth-order valence-corrected chi connectivity index (χ4v) is 2.91. The molecule has 0 aliphatic heterocycles. The number of aliphatic hydroxyl groups excluding tert-OH is 1. The maximum absolute atomic E-state index is 10.1. The van der Waals surface area contributed by atoms with E-state index in [0.29, 0.717) is 39.7 Å². The molecule has 3 aromatic rings. The van der Waals surface area contributed by atoms with Gasteiger partial charge in [-0.25, -0.2) is 0 Å². The predicted molar refractivity (Wildman–Crippen MR) is 102 cm³/mol. The highest BCUT2D eigenvalue weighted by atomic mass is 32.2. The van der Waals surface area contributed by atoms with E-state index < -0.39 is 6.10 Å². The first-order valence-electron chi connectivity index (χ1n) is 8.23. The molecule has 27 heavy (non-hydrogen) atoms. The minimum absolute atomic E-state index is 0.186. The summed E-state index contributed by atoms with van der Waals surface area (Å²) in [6, 6.07) is 14.7. The molecule has 0 aliphatic rings. The highest BCUT2D eigenvalue weighted by Crippen LogP contribution is 2.30. The summed E-state index contributed by atoms with van der Waals surface area (Å²) in [5.41, 5.74) is 0.693. The third-order valence-corrected chi connectivity index (χ3v) is 4.55. The van der Waals surface area contributed by atoms with Crippen molar-refractivity contribution in [2.75, 3.05) is 26.6 Å². The van der Waals surface area contributed by atoms with Crippen LogP contribution in [0, 0.1) is 0 Å². The van der Waals surface area contributed by atoms with Crippen LogP contribution < -0.4 is 14.2 Å². The Kier molecular flexibility index (Phi) is 6.56. The lowest BCUT2D eigenvalue weighted by Crippen LogP contribution is -2.20. The number of aromatic nitrogens is 2. The molecule has 1 heterocycles. The molecule has 3 rings (SSSR count). The molecule has 0 fully saturated rings. The molecule has 142 valence electrons. The number of ether oxygens (including phenoxy) is 3. The average molecular weight is 388 g/mol. The monoisotopic (exact) mass is 388 g/mol. The van der Waals surface area contributed by atoms with Gasteiger partial charge in [-0.2, -0.15) is 0 Å². The van der Waals surface area contributed by atoms with Crippen LogP contribution in [0.25, 0.3) is 11.5 Å². The Balaban J connectivity index is 1.56. The molecule has 0 radical (unpaired) electrons. The summed E-state index contributed by atoms with van der Waals surface area (Å²) in [7, 11) is 3.15. The molecule has 0 bridgehead atoms. The van der Waals surface area contributed by atoms with E-state index in [1.54, 1.807) is 32.4 Å². The van der Waals surface area contributed by atoms with Crippen LogP contribution in [0.15, 0.2) is 58.2 Å². The quantitative estimate of drug-likeness (QED) is 0.559. The second-order valence-electron chi connectivity index (χ2n) is 5.56. The van der Waals surface area contributed by atoms with Crippen LogP contribution in [0.4, 0.5) is 0 Å². The standard InChI is InChI=1S/C19H20N2O5S/c1-23-16-8-13(9-17(10-16)24-2)18-20-21-19(26-18)27-12-14(22)11-25-15-6-4-3-5-7-15/h3-10,14,22H,11-12H2,1-2H3/t14-/m1/s1. The summed E-state index contributed by atoms with van der Waals surface area (Å²) < 4.78 is 21.7. The zero-order chi connectivity index (χ0) is 19.1. The molecule has 0 aliphatic carbocycles. The fourth-order valence-electron chi connectivity index (χ4n) is 2.24. The Bertz CT molecular complexity index is 834. The van der Waals surface area contributed by atoms with E-state index in [1.165, 1.54) is 11.8 Å². The molecule has 2 aromatic carbocycles. The van der Waals surface area contributed by atoms with Gasteiger partial charge in [0.15, 0.2) is 0 Å². The van der Waals surface area contributed by atoms with Crippen molar-refractivity contribution in [1.82, 2.24) is 10.2 Å². The van der Waals surface area contributed by atoms with E-state index >= 15 is 0 Å². The Hall–Kier alpha value is -2.71. The van der Waals surface area contributed by atoms with Crippen molar-refractivity contribution < 1.29 is 23.7 Å². The molecular formula is C19H20N2O5S. The highest BCUT2D eigenvalue weighted by molar-refractivity contribution is 7.99. The van der Waals surface area contributed by atoms with Gasteiger partial charge in [-0.05, 0) is 24.3 Å². The van der Waals surface area contributed by atoms with Crippen LogP contribution >= 0.6 is 11.8 Å². The summed E-state index contributed by atoms with van der Waals surface area (Å²) in [4.78, 5) is 0. The van der Waals surface area contributed by atoms with E-state index in [4.69, 9.17) is 18.6 Å². The molecular weight excluding hydrogens is 368 g/mol.